The Labute approximate surface area is 152 Å². The lowest BCUT2D eigenvalue weighted by Crippen LogP contribution is -2.15. The van der Waals surface area contributed by atoms with Crippen LogP contribution in [-0.4, -0.2) is 23.9 Å². The van der Waals surface area contributed by atoms with Crippen molar-refractivity contribution < 1.29 is 19.1 Å². The fraction of sp³-hybridized carbons (Fsp3) is 0.250. The van der Waals surface area contributed by atoms with Crippen molar-refractivity contribution in [1.82, 2.24) is 0 Å². The first-order chi connectivity index (χ1) is 12.3. The van der Waals surface area contributed by atoms with E-state index in [4.69, 9.17) is 4.74 Å². The molecular weight excluding hydrogens is 332 g/mol. The van der Waals surface area contributed by atoms with E-state index >= 15 is 0 Å². The van der Waals surface area contributed by atoms with Crippen LogP contribution in [0.1, 0.15) is 36.7 Å². The number of rotatable bonds is 6. The molecule has 0 fully saturated rings. The number of ether oxygens (including phenoxy) is 1. The molecule has 2 rings (SSSR count). The molecule has 6 heteroatoms. The van der Waals surface area contributed by atoms with Gasteiger partial charge in [0.15, 0.2) is 0 Å². The molecular formula is C20H22N2O4. The lowest BCUT2D eigenvalue weighted by atomic mass is 10.1. The van der Waals surface area contributed by atoms with E-state index in [0.717, 1.165) is 5.56 Å². The van der Waals surface area contributed by atoms with Gasteiger partial charge in [-0.05, 0) is 55.8 Å². The van der Waals surface area contributed by atoms with Gasteiger partial charge >= 0.3 is 5.97 Å². The average molecular weight is 354 g/mol. The third kappa shape index (κ3) is 6.05. The number of hydrogen-bond donors (Lipinski definition) is 2. The number of amides is 2. The summed E-state index contributed by atoms with van der Waals surface area (Å²) in [6.45, 7) is 5.01. The van der Waals surface area contributed by atoms with E-state index in [-0.39, 0.29) is 24.3 Å². The van der Waals surface area contributed by atoms with Gasteiger partial charge in [-0.1, -0.05) is 12.1 Å². The third-order valence-electron chi connectivity index (χ3n) is 3.39. The van der Waals surface area contributed by atoms with Crippen molar-refractivity contribution in [3.8, 4) is 0 Å². The van der Waals surface area contributed by atoms with Crippen LogP contribution in [0.25, 0.3) is 0 Å². The lowest BCUT2D eigenvalue weighted by molar-refractivity contribution is -0.116. The summed E-state index contributed by atoms with van der Waals surface area (Å²) < 4.78 is 5.12. The zero-order valence-electron chi connectivity index (χ0n) is 15.0. The van der Waals surface area contributed by atoms with E-state index in [9.17, 15) is 14.4 Å². The molecule has 0 aliphatic rings. The van der Waals surface area contributed by atoms with E-state index in [1.165, 1.54) is 6.92 Å². The normalized spacial score (nSPS) is 10.3. The fourth-order valence-corrected chi connectivity index (χ4v) is 2.27. The zero-order chi connectivity index (χ0) is 19.1. The summed E-state index contributed by atoms with van der Waals surface area (Å²) in [5.41, 5.74) is 2.55. The van der Waals surface area contributed by atoms with Crippen molar-refractivity contribution in [2.45, 2.75) is 33.3 Å². The summed E-state index contributed by atoms with van der Waals surface area (Å²) in [5, 5.41) is 5.46. The molecule has 0 radical (unpaired) electrons. The monoisotopic (exact) mass is 354 g/mol. The Morgan fingerprint density at radius 2 is 1.42 bits per heavy atom. The predicted molar refractivity (Wildman–Crippen MR) is 100 cm³/mol. The largest absolute Gasteiger partial charge is 0.459 e. The van der Waals surface area contributed by atoms with Gasteiger partial charge in [-0.15, -0.1) is 0 Å². The molecule has 0 bridgehead atoms. The number of benzene rings is 2. The topological polar surface area (TPSA) is 84.5 Å². The van der Waals surface area contributed by atoms with Crippen LogP contribution in [-0.2, 0) is 20.7 Å². The quantitative estimate of drug-likeness (QED) is 0.779. The second-order valence-electron chi connectivity index (χ2n) is 6.13. The molecule has 0 spiro atoms. The molecule has 0 aromatic heterocycles. The molecule has 2 N–H and O–H groups in total. The van der Waals surface area contributed by atoms with Gasteiger partial charge in [-0.2, -0.15) is 0 Å². The fourth-order valence-electron chi connectivity index (χ4n) is 2.27. The Bertz CT molecular complexity index is 780. The predicted octanol–water partition coefficient (Wildman–Crippen LogP) is 3.39. The molecule has 0 aliphatic carbocycles. The number of carbonyl (C=O) groups is 3. The van der Waals surface area contributed by atoms with Crippen molar-refractivity contribution in [2.24, 2.45) is 0 Å². The third-order valence-corrected chi connectivity index (χ3v) is 3.39. The van der Waals surface area contributed by atoms with E-state index in [1.807, 2.05) is 0 Å². The molecule has 2 aromatic carbocycles. The molecule has 26 heavy (non-hydrogen) atoms. The minimum atomic E-state index is -0.392. The first-order valence-corrected chi connectivity index (χ1v) is 8.31. The number of anilines is 2. The number of hydrogen-bond acceptors (Lipinski definition) is 4. The first kappa shape index (κ1) is 19.2. The molecule has 2 amide bonds. The smallest absolute Gasteiger partial charge is 0.338 e. The highest BCUT2D eigenvalue weighted by Crippen LogP contribution is 2.13. The summed E-state index contributed by atoms with van der Waals surface area (Å²) in [5.74, 6) is -0.705. The van der Waals surface area contributed by atoms with Crippen LogP contribution in [0, 0.1) is 0 Å². The molecule has 136 valence electrons. The van der Waals surface area contributed by atoms with Gasteiger partial charge in [0.2, 0.25) is 11.8 Å². The Hall–Kier alpha value is -3.15. The van der Waals surface area contributed by atoms with Crippen LogP contribution in [0.2, 0.25) is 0 Å². The molecule has 0 saturated carbocycles. The molecule has 0 unspecified atom stereocenters. The van der Waals surface area contributed by atoms with Gasteiger partial charge in [0.05, 0.1) is 18.1 Å². The van der Waals surface area contributed by atoms with Crippen molar-refractivity contribution in [3.05, 3.63) is 59.7 Å². The standard InChI is InChI=1S/C20H22N2O4/c1-13(2)26-20(25)16-6-10-18(11-7-16)22-19(24)12-15-4-8-17(9-5-15)21-14(3)23/h4-11,13H,12H2,1-3H3,(H,21,23)(H,22,24). The minimum absolute atomic E-state index is 0.142. The maximum absolute atomic E-state index is 12.1. The summed E-state index contributed by atoms with van der Waals surface area (Å²) in [6.07, 6.45) is 0.0243. The summed E-state index contributed by atoms with van der Waals surface area (Å²) in [7, 11) is 0. The maximum atomic E-state index is 12.1. The molecule has 0 atom stereocenters. The van der Waals surface area contributed by atoms with E-state index < -0.39 is 5.97 Å². The lowest BCUT2D eigenvalue weighted by Gasteiger charge is -2.09. The number of nitrogens with one attached hydrogen (secondary N) is 2. The van der Waals surface area contributed by atoms with Crippen molar-refractivity contribution in [1.29, 1.82) is 0 Å². The Kier molecular flexibility index (Phi) is 6.49. The van der Waals surface area contributed by atoms with Crippen molar-refractivity contribution in [2.75, 3.05) is 10.6 Å². The van der Waals surface area contributed by atoms with Gasteiger partial charge in [0.25, 0.3) is 0 Å². The van der Waals surface area contributed by atoms with E-state index in [2.05, 4.69) is 10.6 Å². The number of carbonyl (C=O) groups excluding carboxylic acids is 3. The van der Waals surface area contributed by atoms with Crippen LogP contribution in [0.4, 0.5) is 11.4 Å². The molecule has 6 nitrogen and oxygen atoms in total. The highest BCUT2D eigenvalue weighted by atomic mass is 16.5. The van der Waals surface area contributed by atoms with Crippen LogP contribution >= 0.6 is 0 Å². The highest BCUT2D eigenvalue weighted by Gasteiger charge is 2.10. The molecule has 0 heterocycles. The zero-order valence-corrected chi connectivity index (χ0v) is 15.0. The van der Waals surface area contributed by atoms with Crippen LogP contribution in [0.15, 0.2) is 48.5 Å². The van der Waals surface area contributed by atoms with E-state index in [0.29, 0.717) is 16.9 Å². The van der Waals surface area contributed by atoms with Gasteiger partial charge in [-0.3, -0.25) is 9.59 Å². The highest BCUT2D eigenvalue weighted by molar-refractivity contribution is 5.94. The summed E-state index contributed by atoms with van der Waals surface area (Å²) >= 11 is 0. The second kappa shape index (κ2) is 8.80. The van der Waals surface area contributed by atoms with Gasteiger partial charge < -0.3 is 15.4 Å². The summed E-state index contributed by atoms with van der Waals surface area (Å²) in [4.78, 5) is 34.9. The molecule has 2 aromatic rings. The van der Waals surface area contributed by atoms with Crippen molar-refractivity contribution in [3.63, 3.8) is 0 Å². The van der Waals surface area contributed by atoms with Gasteiger partial charge in [-0.25, -0.2) is 4.79 Å². The Balaban J connectivity index is 1.91. The van der Waals surface area contributed by atoms with Crippen LogP contribution in [0.3, 0.4) is 0 Å². The summed E-state index contributed by atoms with van der Waals surface area (Å²) in [6, 6.07) is 13.6. The maximum Gasteiger partial charge on any atom is 0.338 e. The van der Waals surface area contributed by atoms with Crippen LogP contribution in [0.5, 0.6) is 0 Å². The molecule has 0 saturated heterocycles. The minimum Gasteiger partial charge on any atom is -0.459 e. The number of esters is 1. The van der Waals surface area contributed by atoms with Crippen LogP contribution < -0.4 is 10.6 Å². The van der Waals surface area contributed by atoms with Crippen molar-refractivity contribution >= 4 is 29.2 Å². The average Bonchev–Trinajstić information content (AvgIpc) is 2.56. The second-order valence-corrected chi connectivity index (χ2v) is 6.13. The molecule has 0 aliphatic heterocycles. The Morgan fingerprint density at radius 1 is 0.885 bits per heavy atom. The SMILES string of the molecule is CC(=O)Nc1ccc(CC(=O)Nc2ccc(C(=O)OC(C)C)cc2)cc1. The van der Waals surface area contributed by atoms with Gasteiger partial charge in [0.1, 0.15) is 0 Å². The van der Waals surface area contributed by atoms with Gasteiger partial charge in [0, 0.05) is 18.3 Å². The first-order valence-electron chi connectivity index (χ1n) is 8.31. The Morgan fingerprint density at radius 3 is 1.96 bits per heavy atom. The van der Waals surface area contributed by atoms with E-state index in [1.54, 1.807) is 62.4 Å².